The minimum atomic E-state index is -0.576. The van der Waals surface area contributed by atoms with Crippen LogP contribution < -0.4 is 11.1 Å². The van der Waals surface area contributed by atoms with Crippen LogP contribution in [0.15, 0.2) is 34.8 Å². The molecule has 8 nitrogen and oxygen atoms in total. The summed E-state index contributed by atoms with van der Waals surface area (Å²) in [6, 6.07) is 7.58. The Morgan fingerprint density at radius 2 is 2.12 bits per heavy atom. The van der Waals surface area contributed by atoms with Crippen LogP contribution in [0.3, 0.4) is 0 Å². The highest BCUT2D eigenvalue weighted by atomic mass is 32.2. The fourth-order valence-corrected chi connectivity index (χ4v) is 3.75. The maximum absolute atomic E-state index is 12.2. The molecule has 0 unspecified atom stereocenters. The quantitative estimate of drug-likeness (QED) is 0.625. The standard InChI is InChI=1S/C16H16N6O2S2/c1-9-3-4-10(2)12(7-9)22-16(19-20-21-22)26-8-13(23)18-15-11(14(17)24)5-6-25-15/h3-7H,8H2,1-2H3,(H2,17,24)(H,18,23). The summed E-state index contributed by atoms with van der Waals surface area (Å²) in [5.74, 6) is -0.745. The number of nitrogens with two attached hydrogens (primary N) is 1. The predicted octanol–water partition coefficient (Wildman–Crippen LogP) is 2.17. The number of nitrogens with one attached hydrogen (secondary N) is 1. The smallest absolute Gasteiger partial charge is 0.251 e. The highest BCUT2D eigenvalue weighted by Gasteiger charge is 2.16. The second-order valence-electron chi connectivity index (χ2n) is 5.53. The van der Waals surface area contributed by atoms with Crippen LogP contribution >= 0.6 is 23.1 Å². The van der Waals surface area contributed by atoms with Gasteiger partial charge >= 0.3 is 0 Å². The van der Waals surface area contributed by atoms with E-state index in [9.17, 15) is 9.59 Å². The summed E-state index contributed by atoms with van der Waals surface area (Å²) in [7, 11) is 0. The lowest BCUT2D eigenvalue weighted by Gasteiger charge is -2.08. The Labute approximate surface area is 157 Å². The third-order valence-corrected chi connectivity index (χ3v) is 5.30. The third-order valence-electron chi connectivity index (χ3n) is 3.55. The van der Waals surface area contributed by atoms with Crippen LogP contribution in [0.2, 0.25) is 0 Å². The summed E-state index contributed by atoms with van der Waals surface area (Å²) in [5, 5.41) is 17.1. The highest BCUT2D eigenvalue weighted by Crippen LogP contribution is 2.24. The first-order valence-corrected chi connectivity index (χ1v) is 9.48. The molecule has 3 aromatic rings. The van der Waals surface area contributed by atoms with Gasteiger partial charge in [0.1, 0.15) is 5.00 Å². The Bertz CT molecular complexity index is 965. The molecule has 0 atom stereocenters. The van der Waals surface area contributed by atoms with Gasteiger partial charge in [0.2, 0.25) is 11.1 Å². The summed E-state index contributed by atoms with van der Waals surface area (Å²) in [6.07, 6.45) is 0. The summed E-state index contributed by atoms with van der Waals surface area (Å²) in [4.78, 5) is 23.5. The molecule has 2 heterocycles. The van der Waals surface area contributed by atoms with Gasteiger partial charge in [-0.3, -0.25) is 9.59 Å². The van der Waals surface area contributed by atoms with Gasteiger partial charge in [0.25, 0.3) is 5.91 Å². The molecule has 2 aromatic heterocycles. The van der Waals surface area contributed by atoms with E-state index in [1.807, 2.05) is 32.0 Å². The van der Waals surface area contributed by atoms with E-state index in [2.05, 4.69) is 20.8 Å². The minimum absolute atomic E-state index is 0.0986. The number of anilines is 1. The number of thioether (sulfide) groups is 1. The number of thiophene rings is 1. The maximum atomic E-state index is 12.2. The first-order valence-electron chi connectivity index (χ1n) is 7.61. The average Bonchev–Trinajstić information content (AvgIpc) is 3.24. The summed E-state index contributed by atoms with van der Waals surface area (Å²) < 4.78 is 1.61. The van der Waals surface area contributed by atoms with Gasteiger partial charge in [0.05, 0.1) is 17.0 Å². The number of hydrogen-bond acceptors (Lipinski definition) is 7. The van der Waals surface area contributed by atoms with Crippen LogP contribution in [0.5, 0.6) is 0 Å². The second-order valence-corrected chi connectivity index (χ2v) is 7.39. The normalized spacial score (nSPS) is 10.7. The molecule has 1 aromatic carbocycles. The van der Waals surface area contributed by atoms with Crippen molar-refractivity contribution in [2.45, 2.75) is 19.0 Å². The number of carbonyl (C=O) groups is 2. The van der Waals surface area contributed by atoms with Crippen LogP contribution in [0, 0.1) is 13.8 Å². The fourth-order valence-electron chi connectivity index (χ4n) is 2.26. The zero-order chi connectivity index (χ0) is 18.7. The molecule has 26 heavy (non-hydrogen) atoms. The minimum Gasteiger partial charge on any atom is -0.366 e. The van der Waals surface area contributed by atoms with E-state index in [0.29, 0.717) is 15.7 Å². The molecule has 3 rings (SSSR count). The molecule has 0 saturated carbocycles. The van der Waals surface area contributed by atoms with Gasteiger partial charge in [0, 0.05) is 0 Å². The van der Waals surface area contributed by atoms with E-state index in [4.69, 9.17) is 5.73 Å². The molecule has 0 fully saturated rings. The number of nitrogens with zero attached hydrogens (tertiary/aromatic N) is 4. The SMILES string of the molecule is Cc1ccc(C)c(-n2nnnc2SCC(=O)Nc2sccc2C(N)=O)c1. The summed E-state index contributed by atoms with van der Waals surface area (Å²) >= 11 is 2.46. The molecule has 0 aliphatic heterocycles. The van der Waals surface area contributed by atoms with Crippen LogP contribution in [0.25, 0.3) is 5.69 Å². The first kappa shape index (κ1) is 18.1. The molecule has 3 N–H and O–H groups in total. The number of rotatable bonds is 6. The zero-order valence-corrected chi connectivity index (χ0v) is 15.7. The molecular weight excluding hydrogens is 372 g/mol. The van der Waals surface area contributed by atoms with Crippen molar-refractivity contribution in [1.82, 2.24) is 20.2 Å². The topological polar surface area (TPSA) is 116 Å². The van der Waals surface area contributed by atoms with E-state index < -0.39 is 5.91 Å². The largest absolute Gasteiger partial charge is 0.366 e. The lowest BCUT2D eigenvalue weighted by molar-refractivity contribution is -0.113. The lowest BCUT2D eigenvalue weighted by Crippen LogP contribution is -2.18. The van der Waals surface area contributed by atoms with Crippen molar-refractivity contribution in [2.75, 3.05) is 11.1 Å². The number of carbonyl (C=O) groups excluding carboxylic acids is 2. The molecule has 2 amide bonds. The van der Waals surface area contributed by atoms with E-state index in [-0.39, 0.29) is 11.7 Å². The number of tetrazole rings is 1. The van der Waals surface area contributed by atoms with Crippen molar-refractivity contribution in [2.24, 2.45) is 5.73 Å². The van der Waals surface area contributed by atoms with Crippen molar-refractivity contribution in [1.29, 1.82) is 0 Å². The predicted molar refractivity (Wildman–Crippen MR) is 101 cm³/mol. The van der Waals surface area contributed by atoms with Crippen molar-refractivity contribution < 1.29 is 9.59 Å². The molecule has 0 aliphatic rings. The van der Waals surface area contributed by atoms with E-state index in [0.717, 1.165) is 16.8 Å². The molecule has 0 bridgehead atoms. The molecule has 10 heteroatoms. The van der Waals surface area contributed by atoms with Gasteiger partial charge < -0.3 is 11.1 Å². The van der Waals surface area contributed by atoms with Gasteiger partial charge in [0.15, 0.2) is 0 Å². The Balaban J connectivity index is 1.70. The van der Waals surface area contributed by atoms with Gasteiger partial charge in [-0.1, -0.05) is 23.9 Å². The molecule has 0 aliphatic carbocycles. The molecule has 0 radical (unpaired) electrons. The Morgan fingerprint density at radius 3 is 2.88 bits per heavy atom. The average molecular weight is 388 g/mol. The van der Waals surface area contributed by atoms with Gasteiger partial charge in [-0.15, -0.1) is 16.4 Å². The van der Waals surface area contributed by atoms with Gasteiger partial charge in [-0.2, -0.15) is 4.68 Å². The van der Waals surface area contributed by atoms with Crippen molar-refractivity contribution in [3.63, 3.8) is 0 Å². The van der Waals surface area contributed by atoms with E-state index >= 15 is 0 Å². The number of primary amides is 1. The number of amides is 2. The number of benzene rings is 1. The molecule has 0 saturated heterocycles. The number of aromatic nitrogens is 4. The summed E-state index contributed by atoms with van der Waals surface area (Å²) in [6.45, 7) is 3.96. The molecule has 134 valence electrons. The molecule has 0 spiro atoms. The van der Waals surface area contributed by atoms with Gasteiger partial charge in [-0.05, 0) is 52.9 Å². The number of aryl methyl sites for hydroxylation is 2. The monoisotopic (exact) mass is 388 g/mol. The number of hydrogen-bond donors (Lipinski definition) is 2. The second kappa shape index (κ2) is 7.67. The van der Waals surface area contributed by atoms with Crippen LogP contribution in [-0.4, -0.2) is 37.8 Å². The Hall–Kier alpha value is -2.72. The van der Waals surface area contributed by atoms with Crippen LogP contribution in [-0.2, 0) is 4.79 Å². The fraction of sp³-hybridized carbons (Fsp3) is 0.188. The summed E-state index contributed by atoms with van der Waals surface area (Å²) in [5.41, 5.74) is 8.56. The third kappa shape index (κ3) is 3.92. The first-order chi connectivity index (χ1) is 12.5. The van der Waals surface area contributed by atoms with E-state index in [1.54, 1.807) is 16.1 Å². The Kier molecular flexibility index (Phi) is 5.33. The maximum Gasteiger partial charge on any atom is 0.251 e. The van der Waals surface area contributed by atoms with Crippen molar-refractivity contribution in [3.05, 3.63) is 46.3 Å². The van der Waals surface area contributed by atoms with Crippen LogP contribution in [0.1, 0.15) is 21.5 Å². The van der Waals surface area contributed by atoms with Crippen molar-refractivity contribution in [3.8, 4) is 5.69 Å². The van der Waals surface area contributed by atoms with Crippen molar-refractivity contribution >= 4 is 39.9 Å². The highest BCUT2D eigenvalue weighted by molar-refractivity contribution is 7.99. The molecular formula is C16H16N6O2S2. The van der Waals surface area contributed by atoms with E-state index in [1.165, 1.54) is 23.1 Å². The Morgan fingerprint density at radius 1 is 1.31 bits per heavy atom. The van der Waals surface area contributed by atoms with Gasteiger partial charge in [-0.25, -0.2) is 0 Å². The zero-order valence-electron chi connectivity index (χ0n) is 14.1. The van der Waals surface area contributed by atoms with Crippen LogP contribution in [0.4, 0.5) is 5.00 Å². The lowest BCUT2D eigenvalue weighted by atomic mass is 10.1.